The number of benzene rings is 2. The van der Waals surface area contributed by atoms with Crippen LogP contribution in [0, 0.1) is 5.41 Å². The Hall–Kier alpha value is -4.18. The van der Waals surface area contributed by atoms with E-state index in [0.717, 1.165) is 31.6 Å². The molecule has 10 nitrogen and oxygen atoms in total. The van der Waals surface area contributed by atoms with Crippen molar-refractivity contribution in [1.82, 2.24) is 20.2 Å². The molecule has 2 aliphatic heterocycles. The largest absolute Gasteiger partial charge is 0.495 e. The Bertz CT molecular complexity index is 1390. The molecule has 2 aromatic carbocycles. The molecule has 2 N–H and O–H groups in total. The van der Waals surface area contributed by atoms with Gasteiger partial charge >= 0.3 is 0 Å². The first kappa shape index (κ1) is 27.4. The molecule has 0 bridgehead atoms. The zero-order chi connectivity index (χ0) is 28.4. The minimum Gasteiger partial charge on any atom is -0.495 e. The Morgan fingerprint density at radius 3 is 2.50 bits per heavy atom. The van der Waals surface area contributed by atoms with Gasteiger partial charge in [0.1, 0.15) is 11.4 Å². The first-order valence-corrected chi connectivity index (χ1v) is 13.6. The minimum atomic E-state index is -0.647. The van der Waals surface area contributed by atoms with Crippen molar-refractivity contribution in [2.45, 2.75) is 32.7 Å². The number of anilines is 5. The second kappa shape index (κ2) is 11.1. The number of carbonyl (C=O) groups excluding carboxylic acids is 2. The molecule has 10 heteroatoms. The quantitative estimate of drug-likeness (QED) is 0.477. The van der Waals surface area contributed by atoms with Crippen LogP contribution in [-0.4, -0.2) is 73.6 Å². The highest BCUT2D eigenvalue weighted by atomic mass is 16.5. The van der Waals surface area contributed by atoms with E-state index < -0.39 is 5.41 Å². The minimum absolute atomic E-state index is 0.00716. The van der Waals surface area contributed by atoms with E-state index in [1.165, 1.54) is 0 Å². The molecular weight excluding hydrogens is 506 g/mol. The van der Waals surface area contributed by atoms with E-state index in [4.69, 9.17) is 9.72 Å². The molecule has 1 aromatic heterocycles. The predicted molar refractivity (Wildman–Crippen MR) is 157 cm³/mol. The molecular formula is C30H37N7O3. The van der Waals surface area contributed by atoms with Crippen molar-refractivity contribution in [2.75, 3.05) is 56.0 Å². The molecule has 0 radical (unpaired) electrons. The summed E-state index contributed by atoms with van der Waals surface area (Å²) in [5, 5.41) is 6.40. The number of fused-ring (bicyclic) bond motifs is 1. The van der Waals surface area contributed by atoms with E-state index in [1.807, 2.05) is 44.2 Å². The Labute approximate surface area is 235 Å². The third-order valence-corrected chi connectivity index (χ3v) is 7.64. The van der Waals surface area contributed by atoms with E-state index in [0.29, 0.717) is 41.0 Å². The fourth-order valence-electron chi connectivity index (χ4n) is 5.26. The summed E-state index contributed by atoms with van der Waals surface area (Å²) in [7, 11) is 5.42. The van der Waals surface area contributed by atoms with Crippen molar-refractivity contribution >= 4 is 40.6 Å². The molecule has 1 saturated heterocycles. The normalized spacial score (nSPS) is 17.7. The molecule has 210 valence electrons. The predicted octanol–water partition coefficient (Wildman–Crippen LogP) is 4.19. The monoisotopic (exact) mass is 543 g/mol. The molecule has 1 fully saturated rings. The Morgan fingerprint density at radius 1 is 1.07 bits per heavy atom. The summed E-state index contributed by atoms with van der Waals surface area (Å²) in [5.74, 6) is 1.35. The summed E-state index contributed by atoms with van der Waals surface area (Å²) in [6.07, 6.45) is 3.54. The molecule has 40 heavy (non-hydrogen) atoms. The number of nitrogens with zero attached hydrogens (tertiary/aromatic N) is 5. The number of carbonyl (C=O) groups is 2. The fourth-order valence-corrected chi connectivity index (χ4v) is 5.26. The van der Waals surface area contributed by atoms with Gasteiger partial charge in [-0.1, -0.05) is 18.2 Å². The van der Waals surface area contributed by atoms with E-state index in [1.54, 1.807) is 43.5 Å². The summed E-state index contributed by atoms with van der Waals surface area (Å²) in [6, 6.07) is 15.4. The first-order valence-electron chi connectivity index (χ1n) is 13.6. The van der Waals surface area contributed by atoms with Gasteiger partial charge in [0.2, 0.25) is 11.9 Å². The number of nitrogens with one attached hydrogen (secondary N) is 2. The average molecular weight is 544 g/mol. The van der Waals surface area contributed by atoms with Gasteiger partial charge in [0.25, 0.3) is 5.91 Å². The van der Waals surface area contributed by atoms with Crippen molar-refractivity contribution in [3.8, 4) is 5.75 Å². The van der Waals surface area contributed by atoms with Gasteiger partial charge in [0.15, 0.2) is 5.82 Å². The van der Waals surface area contributed by atoms with Gasteiger partial charge in [-0.05, 0) is 77.2 Å². The van der Waals surface area contributed by atoms with Crippen LogP contribution >= 0.6 is 0 Å². The molecule has 0 aliphatic carbocycles. The molecule has 2 amide bonds. The van der Waals surface area contributed by atoms with Gasteiger partial charge in [0.05, 0.1) is 24.4 Å². The third kappa shape index (κ3) is 5.58. The van der Waals surface area contributed by atoms with E-state index in [-0.39, 0.29) is 17.9 Å². The van der Waals surface area contributed by atoms with Crippen LogP contribution in [0.4, 0.5) is 28.8 Å². The second-order valence-electron chi connectivity index (χ2n) is 11.2. The van der Waals surface area contributed by atoms with Gasteiger partial charge in [-0.15, -0.1) is 0 Å². The van der Waals surface area contributed by atoms with Gasteiger partial charge in [0, 0.05) is 30.9 Å². The number of aromatic nitrogens is 2. The number of hydrogen-bond acceptors (Lipinski definition) is 8. The Balaban J connectivity index is 1.42. The number of methoxy groups -OCH3 is 1. The second-order valence-corrected chi connectivity index (χ2v) is 11.2. The van der Waals surface area contributed by atoms with Crippen LogP contribution in [0.25, 0.3) is 0 Å². The standard InChI is InChI=1S/C30H37N7O3/c1-30(2)19-37(22-9-7-6-8-10-22)26-24(36(4)28(30)39)18-31-29(34-26)33-23-12-11-20(17-25(23)40-5)27(38)32-21-13-15-35(3)16-14-21/h6-12,17-18,21H,13-16,19H2,1-5H3,(H,32,38)(H,31,33,34). The zero-order valence-corrected chi connectivity index (χ0v) is 23.8. The molecule has 0 spiro atoms. The van der Waals surface area contributed by atoms with Crippen molar-refractivity contribution in [3.05, 3.63) is 60.3 Å². The van der Waals surface area contributed by atoms with Crippen LogP contribution < -0.4 is 25.2 Å². The van der Waals surface area contributed by atoms with E-state index in [9.17, 15) is 9.59 Å². The van der Waals surface area contributed by atoms with Crippen LogP contribution in [0.5, 0.6) is 5.75 Å². The van der Waals surface area contributed by atoms with Gasteiger partial charge in [-0.3, -0.25) is 9.59 Å². The summed E-state index contributed by atoms with van der Waals surface area (Å²) in [5.41, 5.74) is 2.07. The molecule has 0 saturated carbocycles. The molecule has 2 aliphatic rings. The highest BCUT2D eigenvalue weighted by Crippen LogP contribution is 2.40. The molecule has 3 aromatic rings. The van der Waals surface area contributed by atoms with Crippen molar-refractivity contribution < 1.29 is 14.3 Å². The number of hydrogen-bond donors (Lipinski definition) is 2. The molecule has 0 atom stereocenters. The average Bonchev–Trinajstić information content (AvgIpc) is 3.03. The van der Waals surface area contributed by atoms with Gasteiger partial charge < -0.3 is 30.1 Å². The Morgan fingerprint density at radius 2 is 1.80 bits per heavy atom. The van der Waals surface area contributed by atoms with E-state index in [2.05, 4.69) is 32.5 Å². The number of amides is 2. The summed E-state index contributed by atoms with van der Waals surface area (Å²) < 4.78 is 5.63. The first-order chi connectivity index (χ1) is 19.2. The maximum Gasteiger partial charge on any atom is 0.251 e. The topological polar surface area (TPSA) is 103 Å². The van der Waals surface area contributed by atoms with Crippen LogP contribution in [-0.2, 0) is 4.79 Å². The lowest BCUT2D eigenvalue weighted by Gasteiger charge is -2.29. The van der Waals surface area contributed by atoms with Gasteiger partial charge in [-0.25, -0.2) is 4.98 Å². The summed E-state index contributed by atoms with van der Waals surface area (Å²) in [6.45, 7) is 6.28. The van der Waals surface area contributed by atoms with Crippen molar-refractivity contribution in [1.29, 1.82) is 0 Å². The zero-order valence-electron chi connectivity index (χ0n) is 23.8. The number of rotatable bonds is 6. The highest BCUT2D eigenvalue weighted by Gasteiger charge is 2.39. The Kier molecular flexibility index (Phi) is 7.62. The van der Waals surface area contributed by atoms with Crippen molar-refractivity contribution in [2.24, 2.45) is 5.41 Å². The maximum atomic E-state index is 13.3. The van der Waals surface area contributed by atoms with Gasteiger partial charge in [-0.2, -0.15) is 4.98 Å². The van der Waals surface area contributed by atoms with Crippen LogP contribution in [0.1, 0.15) is 37.0 Å². The molecule has 3 heterocycles. The number of piperidine rings is 1. The highest BCUT2D eigenvalue weighted by molar-refractivity contribution is 6.01. The smallest absolute Gasteiger partial charge is 0.251 e. The SMILES string of the molecule is COc1cc(C(=O)NC2CCN(C)CC2)ccc1Nc1ncc2c(n1)N(c1ccccc1)CC(C)(C)C(=O)N2C. The van der Waals surface area contributed by atoms with Crippen molar-refractivity contribution in [3.63, 3.8) is 0 Å². The maximum absolute atomic E-state index is 13.3. The lowest BCUT2D eigenvalue weighted by Crippen LogP contribution is -2.43. The van der Waals surface area contributed by atoms with Crippen LogP contribution in [0.15, 0.2) is 54.7 Å². The summed E-state index contributed by atoms with van der Waals surface area (Å²) in [4.78, 5) is 41.5. The van der Waals surface area contributed by atoms with Crippen LogP contribution in [0.2, 0.25) is 0 Å². The lowest BCUT2D eigenvalue weighted by molar-refractivity contribution is -0.125. The third-order valence-electron chi connectivity index (χ3n) is 7.64. The number of para-hydroxylation sites is 1. The number of likely N-dealkylation sites (tertiary alicyclic amines) is 1. The lowest BCUT2D eigenvalue weighted by atomic mass is 9.91. The fraction of sp³-hybridized carbons (Fsp3) is 0.400. The van der Waals surface area contributed by atoms with Crippen LogP contribution in [0.3, 0.4) is 0 Å². The number of ether oxygens (including phenoxy) is 1. The summed E-state index contributed by atoms with van der Waals surface area (Å²) >= 11 is 0. The molecule has 5 rings (SSSR count). The van der Waals surface area contributed by atoms with E-state index >= 15 is 0 Å². The molecule has 0 unspecified atom stereocenters.